The van der Waals surface area contributed by atoms with E-state index in [0.29, 0.717) is 44.1 Å². The Morgan fingerprint density at radius 2 is 1.62 bits per heavy atom. The predicted octanol–water partition coefficient (Wildman–Crippen LogP) is 5.42. The largest absolute Gasteiger partial charge is 0.452 e. The number of Topliss-reactive ketones (excluding diaryl/α,β-unsaturated/α-hetero) is 2. The fourth-order valence-corrected chi connectivity index (χ4v) is 9.12. The van der Waals surface area contributed by atoms with E-state index in [1.165, 1.54) is 4.90 Å². The number of methoxy groups -OCH3 is 3. The van der Waals surface area contributed by atoms with Gasteiger partial charge in [-0.15, -0.1) is 0 Å². The molecule has 0 spiro atoms. The molecule has 0 aromatic heterocycles. The van der Waals surface area contributed by atoms with Gasteiger partial charge in [-0.25, -0.2) is 4.79 Å². The van der Waals surface area contributed by atoms with Crippen LogP contribution in [0.3, 0.4) is 0 Å². The zero-order valence-electron chi connectivity index (χ0n) is 34.6. The van der Waals surface area contributed by atoms with Crippen molar-refractivity contribution in [2.24, 2.45) is 23.7 Å². The molecule has 0 aromatic carbocycles. The standard InChI is InChI=1S/C43H67NO11/c1-10-31-20-25(2)19-26(3)21-36(52-8)39-37(53-9)23-29(6)43(50,55-39)40(47)41(48)44-18-12-11-13-32(44)42(49)54-38(27(4)14-16-33(31)45)28(5)22-30-15-17-34(46)35(24-30)51-7/h14,20,22,25-26,29-30,32,34-39,46,50H,10-13,15-19,21,23-24H2,1-9H3/b27-14+,28-22+,31-20+/t25?,26-,29+,30-,32-,34+,35+,36-,37-,38-,39+,43+/m0/s1. The monoisotopic (exact) mass is 773 g/mol. The van der Waals surface area contributed by atoms with Crippen LogP contribution in [-0.4, -0.2) is 115 Å². The Morgan fingerprint density at radius 3 is 2.27 bits per heavy atom. The Morgan fingerprint density at radius 1 is 0.945 bits per heavy atom. The van der Waals surface area contributed by atoms with Crippen LogP contribution in [0.25, 0.3) is 0 Å². The van der Waals surface area contributed by atoms with E-state index in [2.05, 4.69) is 19.9 Å². The van der Waals surface area contributed by atoms with Crippen LogP contribution in [0.4, 0.5) is 0 Å². The summed E-state index contributed by atoms with van der Waals surface area (Å²) in [6.07, 6.45) is 7.85. The Labute approximate surface area is 328 Å². The number of hydrogen-bond acceptors (Lipinski definition) is 11. The summed E-state index contributed by atoms with van der Waals surface area (Å²) >= 11 is 0. The number of hydrogen-bond donors (Lipinski definition) is 2. The highest BCUT2D eigenvalue weighted by Gasteiger charge is 2.56. The van der Waals surface area contributed by atoms with Crippen molar-refractivity contribution in [2.45, 2.75) is 161 Å². The number of ether oxygens (including phenoxy) is 5. The Hall–Kier alpha value is -2.74. The van der Waals surface area contributed by atoms with E-state index in [-0.39, 0.29) is 55.4 Å². The van der Waals surface area contributed by atoms with Gasteiger partial charge in [0.2, 0.25) is 5.79 Å². The van der Waals surface area contributed by atoms with E-state index in [9.17, 15) is 29.4 Å². The van der Waals surface area contributed by atoms with Gasteiger partial charge in [0.15, 0.2) is 5.78 Å². The van der Waals surface area contributed by atoms with Crippen LogP contribution in [0.1, 0.15) is 112 Å². The summed E-state index contributed by atoms with van der Waals surface area (Å²) < 4.78 is 29.8. The maximum absolute atomic E-state index is 14.2. The molecule has 1 amide bonds. The zero-order valence-corrected chi connectivity index (χ0v) is 34.6. The number of allylic oxidation sites excluding steroid dienone is 4. The molecule has 2 N–H and O–H groups in total. The Balaban J connectivity index is 1.76. The lowest BCUT2D eigenvalue weighted by atomic mass is 9.81. The molecule has 0 aromatic rings. The van der Waals surface area contributed by atoms with Crippen LogP contribution < -0.4 is 0 Å². The summed E-state index contributed by atoms with van der Waals surface area (Å²) in [5, 5.41) is 22.4. The second-order valence-corrected chi connectivity index (χ2v) is 16.6. The van der Waals surface area contributed by atoms with E-state index in [1.54, 1.807) is 28.3 Å². The first kappa shape index (κ1) is 45.0. The number of fused-ring (bicyclic) bond motifs is 3. The minimum atomic E-state index is -2.47. The highest BCUT2D eigenvalue weighted by Crippen LogP contribution is 2.39. The summed E-state index contributed by atoms with van der Waals surface area (Å²) in [5.74, 6) is -5.85. The highest BCUT2D eigenvalue weighted by atomic mass is 16.7. The number of esters is 1. The number of aliphatic hydroxyl groups is 2. The highest BCUT2D eigenvalue weighted by molar-refractivity contribution is 6.39. The van der Waals surface area contributed by atoms with Crippen molar-refractivity contribution in [1.29, 1.82) is 0 Å². The first-order valence-electron chi connectivity index (χ1n) is 20.4. The number of rotatable bonds is 6. The number of ketones is 2. The van der Waals surface area contributed by atoms with Gasteiger partial charge in [-0.05, 0) is 113 Å². The molecule has 2 bridgehead atoms. The SMILES string of the molecule is CC/C1=C\C(C)C[C@H](C)C[C@H](OC)[C@H]2O[C@@](O)(C(=O)C(=O)N3CCCC[C@H]3C(=O)O[C@H](/C(C)=C/[C@@H]3CC[C@@H](O)[C@H](OC)C3)/C(C)=C/CC1=O)[C@H](C)C[C@@H]2OC. The fraction of sp³-hybridized carbons (Fsp3) is 0.767. The molecule has 12 nitrogen and oxygen atoms in total. The maximum Gasteiger partial charge on any atom is 0.329 e. The van der Waals surface area contributed by atoms with Gasteiger partial charge in [-0.3, -0.25) is 14.4 Å². The lowest BCUT2D eigenvalue weighted by molar-refractivity contribution is -0.302. The zero-order chi connectivity index (χ0) is 40.6. The maximum atomic E-state index is 14.2. The first-order valence-corrected chi connectivity index (χ1v) is 20.4. The molecule has 1 aliphatic carbocycles. The summed E-state index contributed by atoms with van der Waals surface area (Å²) in [7, 11) is 4.68. The Bertz CT molecular complexity index is 1460. The summed E-state index contributed by atoms with van der Waals surface area (Å²) in [6, 6.07) is -1.07. The topological polar surface area (TPSA) is 158 Å². The predicted molar refractivity (Wildman–Crippen MR) is 207 cm³/mol. The van der Waals surface area contributed by atoms with Crippen LogP contribution in [0, 0.1) is 23.7 Å². The lowest BCUT2D eigenvalue weighted by Crippen LogP contribution is -2.64. The van der Waals surface area contributed by atoms with Crippen molar-refractivity contribution in [3.05, 3.63) is 34.9 Å². The van der Waals surface area contributed by atoms with Gasteiger partial charge < -0.3 is 38.8 Å². The number of aliphatic hydroxyl groups excluding tert-OH is 1. The summed E-state index contributed by atoms with van der Waals surface area (Å²) in [5.41, 5.74) is 2.16. The minimum absolute atomic E-state index is 0.00700. The van der Waals surface area contributed by atoms with Gasteiger partial charge in [0.25, 0.3) is 11.7 Å². The van der Waals surface area contributed by atoms with E-state index >= 15 is 0 Å². The van der Waals surface area contributed by atoms with Gasteiger partial charge >= 0.3 is 5.97 Å². The summed E-state index contributed by atoms with van der Waals surface area (Å²) in [6.45, 7) is 11.6. The molecule has 3 aliphatic heterocycles. The average molecular weight is 774 g/mol. The molecule has 55 heavy (non-hydrogen) atoms. The van der Waals surface area contributed by atoms with Crippen LogP contribution in [0.2, 0.25) is 0 Å². The van der Waals surface area contributed by atoms with Gasteiger partial charge in [-0.1, -0.05) is 45.9 Å². The van der Waals surface area contributed by atoms with Crippen molar-refractivity contribution >= 4 is 23.4 Å². The first-order chi connectivity index (χ1) is 26.1. The van der Waals surface area contributed by atoms with Crippen molar-refractivity contribution < 1.29 is 53.1 Å². The van der Waals surface area contributed by atoms with Gasteiger partial charge in [0.1, 0.15) is 18.2 Å². The molecule has 0 radical (unpaired) electrons. The second-order valence-electron chi connectivity index (χ2n) is 16.6. The van der Waals surface area contributed by atoms with Gasteiger partial charge in [-0.2, -0.15) is 0 Å². The van der Waals surface area contributed by atoms with Crippen molar-refractivity contribution in [3.63, 3.8) is 0 Å². The van der Waals surface area contributed by atoms with Crippen molar-refractivity contribution in [2.75, 3.05) is 27.9 Å². The van der Waals surface area contributed by atoms with Crippen molar-refractivity contribution in [1.82, 2.24) is 4.90 Å². The molecule has 310 valence electrons. The third-order valence-corrected chi connectivity index (χ3v) is 12.4. The number of nitrogens with zero attached hydrogens (tertiary/aromatic N) is 1. The number of cyclic esters (lactones) is 1. The lowest BCUT2D eigenvalue weighted by Gasteiger charge is -2.47. The third kappa shape index (κ3) is 10.8. The third-order valence-electron chi connectivity index (χ3n) is 12.4. The number of piperidine rings is 1. The van der Waals surface area contributed by atoms with E-state index < -0.39 is 65.9 Å². The molecule has 3 heterocycles. The van der Waals surface area contributed by atoms with Crippen LogP contribution in [-0.2, 0) is 42.9 Å². The molecule has 12 heteroatoms. The quantitative estimate of drug-likeness (QED) is 0.202. The van der Waals surface area contributed by atoms with E-state index in [4.69, 9.17) is 23.7 Å². The molecule has 12 atom stereocenters. The van der Waals surface area contributed by atoms with Crippen LogP contribution in [0.15, 0.2) is 34.9 Å². The molecular weight excluding hydrogens is 706 g/mol. The smallest absolute Gasteiger partial charge is 0.329 e. The normalized spacial score (nSPS) is 40.2. The molecule has 3 fully saturated rings. The Kier molecular flexibility index (Phi) is 16.4. The van der Waals surface area contributed by atoms with Crippen LogP contribution >= 0.6 is 0 Å². The minimum Gasteiger partial charge on any atom is -0.452 e. The molecule has 4 rings (SSSR count). The van der Waals surface area contributed by atoms with Crippen molar-refractivity contribution in [3.8, 4) is 0 Å². The molecule has 1 unspecified atom stereocenters. The number of amides is 1. The second kappa shape index (κ2) is 20.1. The average Bonchev–Trinajstić information content (AvgIpc) is 3.17. The van der Waals surface area contributed by atoms with E-state index in [1.807, 2.05) is 32.9 Å². The van der Waals surface area contributed by atoms with E-state index in [0.717, 1.165) is 24.0 Å². The molecule has 1 saturated carbocycles. The molecule has 2 saturated heterocycles. The fourth-order valence-electron chi connectivity index (χ4n) is 9.12. The van der Waals surface area contributed by atoms with Crippen LogP contribution in [0.5, 0.6) is 0 Å². The number of carbonyl (C=O) groups is 4. The van der Waals surface area contributed by atoms with Gasteiger partial charge in [0.05, 0.1) is 24.4 Å². The number of carbonyl (C=O) groups excluding carboxylic acids is 4. The summed E-state index contributed by atoms with van der Waals surface area (Å²) in [4.78, 5) is 57.5. The molecular formula is C43H67NO11. The molecule has 4 aliphatic rings. The van der Waals surface area contributed by atoms with Gasteiger partial charge in [0, 0.05) is 40.2 Å².